The minimum Gasteiger partial charge on any atom is -0.394 e. The molecule has 4 heteroatoms. The van der Waals surface area contributed by atoms with Crippen LogP contribution in [0.1, 0.15) is 399 Å². The highest BCUT2D eigenvalue weighted by Crippen LogP contribution is 2.19. The molecule has 2 unspecified atom stereocenters. The first-order valence-corrected chi connectivity index (χ1v) is 34.6. The second-order valence-corrected chi connectivity index (χ2v) is 24.0. The summed E-state index contributed by atoms with van der Waals surface area (Å²) in [6.07, 6.45) is 89.9. The molecule has 0 heterocycles. The van der Waals surface area contributed by atoms with Gasteiger partial charge in [0.1, 0.15) is 0 Å². The summed E-state index contributed by atoms with van der Waals surface area (Å²) in [5.74, 6) is -0.0641. The van der Waals surface area contributed by atoms with Crippen LogP contribution in [0.25, 0.3) is 0 Å². The summed E-state index contributed by atoms with van der Waals surface area (Å²) in [4.78, 5) is 12.5. The maximum atomic E-state index is 12.5. The molecule has 0 aromatic rings. The Hall–Kier alpha value is -1.13. The molecule has 0 aromatic heterocycles. The van der Waals surface area contributed by atoms with Crippen LogP contribution in [0.3, 0.4) is 0 Å². The Bertz CT molecular complexity index is 1090. The molecule has 0 radical (unpaired) electrons. The van der Waals surface area contributed by atoms with Crippen molar-refractivity contribution in [2.24, 2.45) is 0 Å². The van der Waals surface area contributed by atoms with Crippen molar-refractivity contribution in [3.05, 3.63) is 24.3 Å². The van der Waals surface area contributed by atoms with Crippen molar-refractivity contribution in [1.82, 2.24) is 5.32 Å². The number of nitrogens with one attached hydrogen (secondary N) is 1. The number of amides is 1. The Balaban J connectivity index is 3.42. The van der Waals surface area contributed by atoms with Crippen LogP contribution in [0.2, 0.25) is 0 Å². The molecule has 440 valence electrons. The largest absolute Gasteiger partial charge is 0.394 e. The Kier molecular flexibility index (Phi) is 65.1. The van der Waals surface area contributed by atoms with Gasteiger partial charge in [0, 0.05) is 6.42 Å². The van der Waals surface area contributed by atoms with E-state index in [1.54, 1.807) is 6.08 Å². The SMILES string of the molecule is CCCCCCCCCCCCCCCCCCCCCCCC/C=C/CC/C=C/C(O)C(CO)NC(=O)CCCCCCCCCCCCCCCCCCCCCCCCCCCCCCCCCCCC. The molecule has 0 saturated carbocycles. The minimum atomic E-state index is -0.861. The highest BCUT2D eigenvalue weighted by Gasteiger charge is 2.18. The second-order valence-electron chi connectivity index (χ2n) is 24.0. The van der Waals surface area contributed by atoms with Gasteiger partial charge in [-0.1, -0.05) is 385 Å². The van der Waals surface area contributed by atoms with E-state index in [1.165, 1.54) is 347 Å². The van der Waals surface area contributed by atoms with Gasteiger partial charge in [-0.15, -0.1) is 0 Å². The third-order valence-corrected chi connectivity index (χ3v) is 16.4. The fourth-order valence-electron chi connectivity index (χ4n) is 11.2. The predicted octanol–water partition coefficient (Wildman–Crippen LogP) is 23.4. The van der Waals surface area contributed by atoms with Gasteiger partial charge in [0.05, 0.1) is 18.8 Å². The first kappa shape index (κ1) is 72.9. The molecule has 0 fully saturated rings. The van der Waals surface area contributed by atoms with Crippen LogP contribution in [0, 0.1) is 0 Å². The molecular formula is C70H137NO3. The van der Waals surface area contributed by atoms with Gasteiger partial charge in [0.15, 0.2) is 0 Å². The number of carbonyl (C=O) groups is 1. The topological polar surface area (TPSA) is 69.6 Å². The van der Waals surface area contributed by atoms with Crippen molar-refractivity contribution in [2.75, 3.05) is 6.61 Å². The number of aliphatic hydroxyl groups excluding tert-OH is 2. The minimum absolute atomic E-state index is 0.0641. The van der Waals surface area contributed by atoms with Gasteiger partial charge in [-0.2, -0.15) is 0 Å². The van der Waals surface area contributed by atoms with E-state index < -0.39 is 12.1 Å². The number of rotatable bonds is 65. The number of unbranched alkanes of at least 4 members (excludes halogenated alkanes) is 56. The normalized spacial score (nSPS) is 12.8. The zero-order valence-electron chi connectivity index (χ0n) is 50.9. The van der Waals surface area contributed by atoms with Crippen LogP contribution < -0.4 is 5.32 Å². The molecule has 0 aliphatic rings. The maximum Gasteiger partial charge on any atom is 0.220 e. The lowest BCUT2D eigenvalue weighted by Crippen LogP contribution is -2.45. The van der Waals surface area contributed by atoms with E-state index >= 15 is 0 Å². The Morgan fingerprint density at radius 2 is 0.527 bits per heavy atom. The van der Waals surface area contributed by atoms with E-state index in [0.29, 0.717) is 6.42 Å². The molecule has 2 atom stereocenters. The van der Waals surface area contributed by atoms with Crippen LogP contribution in [0.15, 0.2) is 24.3 Å². The third-order valence-electron chi connectivity index (χ3n) is 16.4. The van der Waals surface area contributed by atoms with Crippen molar-refractivity contribution < 1.29 is 15.0 Å². The molecule has 0 aliphatic carbocycles. The fourth-order valence-corrected chi connectivity index (χ4v) is 11.2. The number of allylic oxidation sites excluding steroid dienone is 3. The van der Waals surface area contributed by atoms with Gasteiger partial charge in [-0.05, 0) is 32.1 Å². The lowest BCUT2D eigenvalue weighted by Gasteiger charge is -2.19. The summed E-state index contributed by atoms with van der Waals surface area (Å²) in [5, 5.41) is 23.3. The zero-order valence-corrected chi connectivity index (χ0v) is 50.9. The highest BCUT2D eigenvalue weighted by molar-refractivity contribution is 5.76. The maximum absolute atomic E-state index is 12.5. The molecule has 0 rings (SSSR count). The van der Waals surface area contributed by atoms with Crippen molar-refractivity contribution in [1.29, 1.82) is 0 Å². The molecule has 0 bridgehead atoms. The monoisotopic (exact) mass is 1040 g/mol. The number of aliphatic hydroxyl groups is 2. The number of hydrogen-bond acceptors (Lipinski definition) is 3. The zero-order chi connectivity index (χ0) is 53.4. The molecule has 0 aromatic carbocycles. The van der Waals surface area contributed by atoms with E-state index in [2.05, 4.69) is 31.3 Å². The summed E-state index contributed by atoms with van der Waals surface area (Å²) >= 11 is 0. The van der Waals surface area contributed by atoms with Crippen LogP contribution in [0.4, 0.5) is 0 Å². The number of hydrogen-bond donors (Lipinski definition) is 3. The number of carbonyl (C=O) groups excluding carboxylic acids is 1. The third kappa shape index (κ3) is 61.7. The van der Waals surface area contributed by atoms with Crippen molar-refractivity contribution in [2.45, 2.75) is 411 Å². The van der Waals surface area contributed by atoms with Gasteiger partial charge in [-0.3, -0.25) is 4.79 Å². The average molecular weight is 1040 g/mol. The van der Waals surface area contributed by atoms with Crippen molar-refractivity contribution >= 4 is 5.91 Å². The lowest BCUT2D eigenvalue weighted by molar-refractivity contribution is -0.123. The van der Waals surface area contributed by atoms with Crippen LogP contribution >= 0.6 is 0 Å². The van der Waals surface area contributed by atoms with E-state index in [9.17, 15) is 15.0 Å². The van der Waals surface area contributed by atoms with E-state index in [4.69, 9.17) is 0 Å². The van der Waals surface area contributed by atoms with Gasteiger partial charge in [0.25, 0.3) is 0 Å². The molecule has 74 heavy (non-hydrogen) atoms. The first-order chi connectivity index (χ1) is 36.7. The van der Waals surface area contributed by atoms with E-state index in [1.807, 2.05) is 6.08 Å². The van der Waals surface area contributed by atoms with Gasteiger partial charge < -0.3 is 15.5 Å². The quantitative estimate of drug-likeness (QED) is 0.0420. The molecule has 3 N–H and O–H groups in total. The van der Waals surface area contributed by atoms with Gasteiger partial charge in [0.2, 0.25) is 5.91 Å². The average Bonchev–Trinajstić information content (AvgIpc) is 3.40. The first-order valence-electron chi connectivity index (χ1n) is 34.6. The fraction of sp³-hybridized carbons (Fsp3) is 0.929. The Morgan fingerprint density at radius 1 is 0.311 bits per heavy atom. The van der Waals surface area contributed by atoms with Crippen LogP contribution in [-0.4, -0.2) is 34.9 Å². The van der Waals surface area contributed by atoms with Crippen LogP contribution in [-0.2, 0) is 4.79 Å². The molecule has 4 nitrogen and oxygen atoms in total. The molecule has 0 aliphatic heterocycles. The van der Waals surface area contributed by atoms with Gasteiger partial charge in [-0.25, -0.2) is 0 Å². The predicted molar refractivity (Wildman–Crippen MR) is 332 cm³/mol. The van der Waals surface area contributed by atoms with Crippen molar-refractivity contribution in [3.8, 4) is 0 Å². The molecule has 1 amide bonds. The van der Waals surface area contributed by atoms with Crippen molar-refractivity contribution in [3.63, 3.8) is 0 Å². The van der Waals surface area contributed by atoms with Gasteiger partial charge >= 0.3 is 0 Å². The Labute approximate surface area is 466 Å². The molecular weight excluding hydrogens is 903 g/mol. The summed E-state index contributed by atoms with van der Waals surface area (Å²) in [6.45, 7) is 4.35. The van der Waals surface area contributed by atoms with Crippen LogP contribution in [0.5, 0.6) is 0 Å². The second kappa shape index (κ2) is 66.2. The summed E-state index contributed by atoms with van der Waals surface area (Å²) in [6, 6.07) is -0.638. The Morgan fingerprint density at radius 3 is 0.784 bits per heavy atom. The standard InChI is InChI=1S/C70H137NO3/c1-3-5-7-9-11-13-15-17-19-21-23-25-27-29-31-33-34-35-36-37-38-40-42-44-46-48-50-52-54-56-58-60-62-64-66-70(74)71-68(67-72)69(73)65-63-61-59-57-55-53-51-49-47-45-43-41-39-32-30-28-26-24-22-20-18-16-14-12-10-8-6-4-2/h55,57,63,65,68-69,72-73H,3-54,56,58-62,64,66-67H2,1-2H3,(H,71,74)/b57-55+,65-63+. The summed E-state index contributed by atoms with van der Waals surface area (Å²) in [7, 11) is 0. The molecule has 0 saturated heterocycles. The highest BCUT2D eigenvalue weighted by atomic mass is 16.3. The van der Waals surface area contributed by atoms with E-state index in [0.717, 1.165) is 32.1 Å². The molecule has 0 spiro atoms. The van der Waals surface area contributed by atoms with E-state index in [-0.39, 0.29) is 12.5 Å². The summed E-state index contributed by atoms with van der Waals surface area (Å²) in [5.41, 5.74) is 0. The smallest absolute Gasteiger partial charge is 0.220 e. The summed E-state index contributed by atoms with van der Waals surface area (Å²) < 4.78 is 0. The lowest BCUT2D eigenvalue weighted by atomic mass is 10.0.